The van der Waals surface area contributed by atoms with E-state index in [9.17, 15) is 34.8 Å². The third-order valence-corrected chi connectivity index (χ3v) is 7.52. The zero-order chi connectivity index (χ0) is 25.2. The summed E-state index contributed by atoms with van der Waals surface area (Å²) < 4.78 is 0. The number of phenols is 1. The number of fused-ring (bicyclic) bond motifs is 3. The second-order valence-electron chi connectivity index (χ2n) is 11.1. The number of hydrogen-bond acceptors (Lipinski definition) is 7. The Morgan fingerprint density at radius 2 is 1.79 bits per heavy atom. The van der Waals surface area contributed by atoms with Gasteiger partial charge in [-0.1, -0.05) is 26.8 Å². The van der Waals surface area contributed by atoms with Crippen molar-refractivity contribution in [3.05, 3.63) is 45.7 Å². The zero-order valence-corrected chi connectivity index (χ0v) is 20.1. The summed E-state index contributed by atoms with van der Waals surface area (Å²) in [4.78, 5) is 38.0. The molecule has 3 atom stereocenters. The first-order valence-electron chi connectivity index (χ1n) is 11.8. The molecule has 0 spiro atoms. The fraction of sp³-hybridized carbons (Fsp3) is 0.519. The monoisotopic (exact) mass is 468 g/mol. The summed E-state index contributed by atoms with van der Waals surface area (Å²) in [6.07, 6.45) is 2.98. The summed E-state index contributed by atoms with van der Waals surface area (Å²) in [5.74, 6) is -5.13. The van der Waals surface area contributed by atoms with E-state index < -0.39 is 51.9 Å². The summed E-state index contributed by atoms with van der Waals surface area (Å²) >= 11 is 0. The average Bonchev–Trinajstić information content (AvgIpc) is 2.71. The van der Waals surface area contributed by atoms with Gasteiger partial charge in [0.1, 0.15) is 22.8 Å². The Bertz CT molecular complexity index is 1160. The van der Waals surface area contributed by atoms with Crippen molar-refractivity contribution in [2.75, 3.05) is 0 Å². The smallest absolute Gasteiger partial charge is 0.202 e. The number of aromatic hydroxyl groups is 1. The number of hydrogen-bond donors (Lipinski definition) is 4. The minimum absolute atomic E-state index is 0.0720. The normalized spacial score (nSPS) is 26.9. The highest BCUT2D eigenvalue weighted by Gasteiger charge is 2.60. The molecule has 1 aromatic rings. The van der Waals surface area contributed by atoms with Crippen molar-refractivity contribution < 1.29 is 34.8 Å². The minimum Gasteiger partial charge on any atom is -0.508 e. The second kappa shape index (κ2) is 8.08. The lowest BCUT2D eigenvalue weighted by Gasteiger charge is -2.46. The summed E-state index contributed by atoms with van der Waals surface area (Å²) in [5, 5.41) is 43.7. The molecule has 7 heteroatoms. The standard InChI is InChI=1S/C27H32O7/c1-13(28)20-19(30)12-16-10-15-11-17-14(6-5-9-26(2,3)4)7-8-18(29)22(17)23(31)21(15)25(33)27(16,34)24(20)32/h7-8,15-16,29,31-32,34H,5-6,9-12H2,1-4H3/t15-,16+,27-/m1/s1. The van der Waals surface area contributed by atoms with Crippen LogP contribution < -0.4 is 0 Å². The van der Waals surface area contributed by atoms with Crippen molar-refractivity contribution in [2.45, 2.75) is 71.8 Å². The Morgan fingerprint density at radius 1 is 1.12 bits per heavy atom. The lowest BCUT2D eigenvalue weighted by atomic mass is 9.59. The number of ketones is 3. The van der Waals surface area contributed by atoms with Crippen molar-refractivity contribution >= 4 is 23.1 Å². The molecule has 4 N–H and O–H groups in total. The number of benzene rings is 1. The molecule has 0 heterocycles. The molecule has 0 aromatic heterocycles. The number of aryl methyl sites for hydroxylation is 1. The predicted molar refractivity (Wildman–Crippen MR) is 125 cm³/mol. The minimum atomic E-state index is -2.45. The van der Waals surface area contributed by atoms with E-state index in [1.165, 1.54) is 6.07 Å². The van der Waals surface area contributed by atoms with Gasteiger partial charge in [-0.3, -0.25) is 14.4 Å². The van der Waals surface area contributed by atoms with E-state index >= 15 is 0 Å². The second-order valence-corrected chi connectivity index (χ2v) is 11.1. The van der Waals surface area contributed by atoms with Crippen molar-refractivity contribution in [3.8, 4) is 5.75 Å². The van der Waals surface area contributed by atoms with Gasteiger partial charge in [0.15, 0.2) is 17.2 Å². The Labute approximate surface area is 198 Å². The van der Waals surface area contributed by atoms with Gasteiger partial charge in [0.2, 0.25) is 5.78 Å². The van der Waals surface area contributed by atoms with E-state index in [1.807, 2.05) is 6.07 Å². The van der Waals surface area contributed by atoms with Gasteiger partial charge < -0.3 is 20.4 Å². The molecule has 0 amide bonds. The summed E-state index contributed by atoms with van der Waals surface area (Å²) in [5.41, 5.74) is -0.984. The van der Waals surface area contributed by atoms with Crippen LogP contribution in [0.5, 0.6) is 5.75 Å². The Morgan fingerprint density at radius 3 is 2.41 bits per heavy atom. The Balaban J connectivity index is 1.80. The van der Waals surface area contributed by atoms with Crippen LogP contribution >= 0.6 is 0 Å². The van der Waals surface area contributed by atoms with Crippen LogP contribution in [0.15, 0.2) is 29.0 Å². The van der Waals surface area contributed by atoms with Gasteiger partial charge in [-0.25, -0.2) is 0 Å². The molecule has 0 radical (unpaired) electrons. The molecule has 0 saturated heterocycles. The zero-order valence-electron chi connectivity index (χ0n) is 20.1. The number of rotatable bonds is 4. The van der Waals surface area contributed by atoms with Gasteiger partial charge >= 0.3 is 0 Å². The molecule has 1 fully saturated rings. The van der Waals surface area contributed by atoms with Crippen LogP contribution in [-0.2, 0) is 27.2 Å². The molecule has 34 heavy (non-hydrogen) atoms. The molecule has 3 aliphatic rings. The molecule has 0 unspecified atom stereocenters. The van der Waals surface area contributed by atoms with Gasteiger partial charge in [-0.2, -0.15) is 0 Å². The van der Waals surface area contributed by atoms with Gasteiger partial charge in [0, 0.05) is 17.9 Å². The van der Waals surface area contributed by atoms with Crippen LogP contribution in [0.1, 0.15) is 70.1 Å². The Kier molecular flexibility index (Phi) is 5.75. The number of carbonyl (C=O) groups excluding carboxylic acids is 3. The lowest BCUT2D eigenvalue weighted by molar-refractivity contribution is -0.147. The van der Waals surface area contributed by atoms with Gasteiger partial charge in [-0.05, 0) is 67.6 Å². The molecule has 7 nitrogen and oxygen atoms in total. The predicted octanol–water partition coefficient (Wildman–Crippen LogP) is 3.90. The SMILES string of the molecule is CC(=O)C1=C(O)[C@@]2(O)C(=O)C3=C(O)c4c(O)ccc(CCCC(C)(C)C)c4C[C@H]3C[C@H]2CC1=O. The van der Waals surface area contributed by atoms with Crippen molar-refractivity contribution in [1.29, 1.82) is 0 Å². The fourth-order valence-corrected chi connectivity index (χ4v) is 5.84. The highest BCUT2D eigenvalue weighted by atomic mass is 16.3. The first kappa shape index (κ1) is 24.2. The van der Waals surface area contributed by atoms with Crippen LogP contribution in [0.4, 0.5) is 0 Å². The molecule has 0 aliphatic heterocycles. The van der Waals surface area contributed by atoms with E-state index in [0.717, 1.165) is 37.3 Å². The third-order valence-electron chi connectivity index (χ3n) is 7.52. The van der Waals surface area contributed by atoms with Crippen molar-refractivity contribution in [3.63, 3.8) is 0 Å². The number of aliphatic hydroxyl groups is 3. The van der Waals surface area contributed by atoms with Crippen molar-refractivity contribution in [2.24, 2.45) is 17.3 Å². The molecule has 4 rings (SSSR count). The summed E-state index contributed by atoms with van der Waals surface area (Å²) in [6, 6.07) is 3.34. The number of aliphatic hydroxyl groups excluding tert-OH is 2. The quantitative estimate of drug-likeness (QED) is 0.493. The average molecular weight is 469 g/mol. The molecular formula is C27H32O7. The van der Waals surface area contributed by atoms with E-state index in [2.05, 4.69) is 20.8 Å². The maximum Gasteiger partial charge on any atom is 0.202 e. The molecular weight excluding hydrogens is 436 g/mol. The number of allylic oxidation sites excluding steroid dienone is 1. The first-order valence-corrected chi connectivity index (χ1v) is 11.8. The van der Waals surface area contributed by atoms with Crippen LogP contribution in [0.2, 0.25) is 0 Å². The van der Waals surface area contributed by atoms with Gasteiger partial charge in [-0.15, -0.1) is 0 Å². The summed E-state index contributed by atoms with van der Waals surface area (Å²) in [6.45, 7) is 7.60. The maximum absolute atomic E-state index is 13.5. The third kappa shape index (κ3) is 3.66. The number of Topliss-reactive ketones (excluding diaryl/α,β-unsaturated/α-hetero) is 3. The maximum atomic E-state index is 13.5. The van der Waals surface area contributed by atoms with Crippen LogP contribution in [0.25, 0.3) is 5.76 Å². The van der Waals surface area contributed by atoms with Crippen molar-refractivity contribution in [1.82, 2.24) is 0 Å². The lowest BCUT2D eigenvalue weighted by Crippen LogP contribution is -2.57. The molecule has 1 saturated carbocycles. The van der Waals surface area contributed by atoms with E-state index in [1.54, 1.807) is 0 Å². The number of phenolic OH excluding ortho intramolecular Hbond substituents is 1. The fourth-order valence-electron chi connectivity index (χ4n) is 5.84. The van der Waals surface area contributed by atoms with E-state index in [0.29, 0.717) is 6.42 Å². The summed E-state index contributed by atoms with van der Waals surface area (Å²) in [7, 11) is 0. The van der Waals surface area contributed by atoms with E-state index in [-0.39, 0.29) is 35.1 Å². The molecule has 1 aromatic carbocycles. The van der Waals surface area contributed by atoms with Crippen LogP contribution in [-0.4, -0.2) is 43.4 Å². The van der Waals surface area contributed by atoms with Gasteiger partial charge in [0.25, 0.3) is 0 Å². The highest BCUT2D eigenvalue weighted by molar-refractivity contribution is 6.23. The van der Waals surface area contributed by atoms with Gasteiger partial charge in [0.05, 0.1) is 5.56 Å². The Hall–Kier alpha value is -2.93. The highest BCUT2D eigenvalue weighted by Crippen LogP contribution is 2.52. The topological polar surface area (TPSA) is 132 Å². The molecule has 3 aliphatic carbocycles. The molecule has 0 bridgehead atoms. The first-order chi connectivity index (χ1) is 15.8. The van der Waals surface area contributed by atoms with Crippen LogP contribution in [0, 0.1) is 17.3 Å². The molecule has 182 valence electrons. The van der Waals surface area contributed by atoms with Crippen LogP contribution in [0.3, 0.4) is 0 Å². The van der Waals surface area contributed by atoms with E-state index in [4.69, 9.17) is 0 Å². The largest absolute Gasteiger partial charge is 0.508 e. The number of carbonyl (C=O) groups is 3.